The minimum absolute atomic E-state index is 0.100. The van der Waals surface area contributed by atoms with Crippen molar-refractivity contribution in [3.8, 4) is 11.5 Å². The van der Waals surface area contributed by atoms with Gasteiger partial charge in [0, 0.05) is 32.2 Å². The van der Waals surface area contributed by atoms with Crippen LogP contribution in [0.4, 0.5) is 5.69 Å². The number of methoxy groups -OCH3 is 2. The monoisotopic (exact) mass is 447 g/mol. The number of amides is 1. The number of nitrogens with zero attached hydrogens (tertiary/aromatic N) is 3. The summed E-state index contributed by atoms with van der Waals surface area (Å²) in [6.45, 7) is 5.37. The molecule has 8 nitrogen and oxygen atoms in total. The Bertz CT molecular complexity index is 989. The van der Waals surface area contributed by atoms with E-state index in [4.69, 9.17) is 9.47 Å². The van der Waals surface area contributed by atoms with E-state index in [2.05, 4.69) is 11.8 Å². The van der Waals surface area contributed by atoms with E-state index in [1.807, 2.05) is 0 Å². The molecule has 1 fully saturated rings. The molecule has 0 spiro atoms. The lowest BCUT2D eigenvalue weighted by molar-refractivity contribution is -0.131. The number of rotatable bonds is 8. The molecule has 0 atom stereocenters. The molecule has 31 heavy (non-hydrogen) atoms. The van der Waals surface area contributed by atoms with Crippen molar-refractivity contribution >= 4 is 21.6 Å². The molecule has 168 valence electrons. The number of anilines is 1. The molecule has 3 rings (SSSR count). The maximum atomic E-state index is 13.6. The summed E-state index contributed by atoms with van der Waals surface area (Å²) in [4.78, 5) is 17.2. The number of hydrogen-bond acceptors (Lipinski definition) is 6. The van der Waals surface area contributed by atoms with Crippen LogP contribution in [-0.4, -0.2) is 77.6 Å². The number of ether oxygens (including phenoxy) is 2. The molecule has 0 aliphatic carbocycles. The van der Waals surface area contributed by atoms with Crippen LogP contribution >= 0.6 is 0 Å². The predicted octanol–water partition coefficient (Wildman–Crippen LogP) is 2.06. The van der Waals surface area contributed by atoms with Gasteiger partial charge in [-0.25, -0.2) is 8.42 Å². The Morgan fingerprint density at radius 2 is 1.68 bits per heavy atom. The summed E-state index contributed by atoms with van der Waals surface area (Å²) in [6.07, 6.45) is 0. The average Bonchev–Trinajstić information content (AvgIpc) is 2.82. The highest BCUT2D eigenvalue weighted by atomic mass is 32.2. The van der Waals surface area contributed by atoms with E-state index in [1.54, 1.807) is 41.3 Å². The molecule has 0 unspecified atom stereocenters. The van der Waals surface area contributed by atoms with Gasteiger partial charge in [0.05, 0.1) is 24.8 Å². The van der Waals surface area contributed by atoms with Crippen molar-refractivity contribution in [2.45, 2.75) is 11.8 Å². The van der Waals surface area contributed by atoms with Crippen molar-refractivity contribution < 1.29 is 22.7 Å². The second-order valence-corrected chi connectivity index (χ2v) is 9.04. The number of sulfonamides is 1. The van der Waals surface area contributed by atoms with E-state index in [0.29, 0.717) is 24.6 Å². The largest absolute Gasteiger partial charge is 0.497 e. The molecule has 2 aromatic rings. The second-order valence-electron chi connectivity index (χ2n) is 7.18. The zero-order chi connectivity index (χ0) is 22.4. The summed E-state index contributed by atoms with van der Waals surface area (Å²) in [5.41, 5.74) is 0.256. The van der Waals surface area contributed by atoms with Crippen LogP contribution < -0.4 is 13.8 Å². The number of hydrogen-bond donors (Lipinski definition) is 0. The van der Waals surface area contributed by atoms with Gasteiger partial charge in [-0.3, -0.25) is 9.10 Å². The topological polar surface area (TPSA) is 79.4 Å². The fourth-order valence-electron chi connectivity index (χ4n) is 3.55. The van der Waals surface area contributed by atoms with Crippen molar-refractivity contribution in [2.24, 2.45) is 0 Å². The lowest BCUT2D eigenvalue weighted by Crippen LogP contribution is -2.51. The third-order valence-electron chi connectivity index (χ3n) is 5.44. The van der Waals surface area contributed by atoms with Gasteiger partial charge in [0.15, 0.2) is 0 Å². The average molecular weight is 448 g/mol. The van der Waals surface area contributed by atoms with Gasteiger partial charge >= 0.3 is 0 Å². The molecule has 0 radical (unpaired) electrons. The van der Waals surface area contributed by atoms with Crippen molar-refractivity contribution in [2.75, 3.05) is 57.8 Å². The predicted molar refractivity (Wildman–Crippen MR) is 119 cm³/mol. The van der Waals surface area contributed by atoms with Gasteiger partial charge in [0.25, 0.3) is 10.0 Å². The Balaban J connectivity index is 1.99. The first kappa shape index (κ1) is 22.9. The summed E-state index contributed by atoms with van der Waals surface area (Å²) in [5.74, 6) is 0.553. The minimum Gasteiger partial charge on any atom is -0.497 e. The molecule has 1 aliphatic rings. The van der Waals surface area contributed by atoms with Crippen LogP contribution in [-0.2, 0) is 14.8 Å². The quantitative estimate of drug-likeness (QED) is 0.616. The molecular formula is C22H29N3O5S. The standard InChI is InChI=1S/C22H29N3O5S/c1-4-23-12-14-24(15-13-23)22(26)17-25(31(27,28)19-8-6-5-7-9-19)20-16-18(29-2)10-11-21(20)30-3/h5-11,16H,4,12-15,17H2,1-3H3. The Morgan fingerprint density at radius 3 is 2.26 bits per heavy atom. The molecule has 1 heterocycles. The molecule has 0 bridgehead atoms. The molecule has 2 aromatic carbocycles. The third kappa shape index (κ3) is 5.11. The van der Waals surface area contributed by atoms with Crippen LogP contribution in [0.3, 0.4) is 0 Å². The van der Waals surface area contributed by atoms with Crippen molar-refractivity contribution in [3.05, 3.63) is 48.5 Å². The van der Waals surface area contributed by atoms with Gasteiger partial charge in [-0.05, 0) is 30.8 Å². The number of likely N-dealkylation sites (N-methyl/N-ethyl adjacent to an activating group) is 1. The first-order chi connectivity index (χ1) is 14.9. The van der Waals surface area contributed by atoms with Gasteiger partial charge in [-0.2, -0.15) is 0 Å². The van der Waals surface area contributed by atoms with E-state index >= 15 is 0 Å². The van der Waals surface area contributed by atoms with Crippen molar-refractivity contribution in [3.63, 3.8) is 0 Å². The first-order valence-corrected chi connectivity index (χ1v) is 11.6. The summed E-state index contributed by atoms with van der Waals surface area (Å²) >= 11 is 0. The van der Waals surface area contributed by atoms with Crippen molar-refractivity contribution in [1.82, 2.24) is 9.80 Å². The number of carbonyl (C=O) groups excluding carboxylic acids is 1. The number of piperazine rings is 1. The van der Waals surface area contributed by atoms with Gasteiger partial charge in [0.2, 0.25) is 5.91 Å². The lowest BCUT2D eigenvalue weighted by Gasteiger charge is -2.35. The van der Waals surface area contributed by atoms with Crippen molar-refractivity contribution in [1.29, 1.82) is 0 Å². The normalized spacial score (nSPS) is 14.9. The maximum absolute atomic E-state index is 13.6. The molecule has 1 amide bonds. The molecule has 1 saturated heterocycles. The summed E-state index contributed by atoms with van der Waals surface area (Å²) in [6, 6.07) is 13.0. The minimum atomic E-state index is -4.02. The highest BCUT2D eigenvalue weighted by Crippen LogP contribution is 2.35. The van der Waals surface area contributed by atoms with E-state index < -0.39 is 10.0 Å². The summed E-state index contributed by atoms with van der Waals surface area (Å²) in [7, 11) is -1.06. The van der Waals surface area contributed by atoms with Gasteiger partial charge in [0.1, 0.15) is 18.0 Å². The van der Waals surface area contributed by atoms with Gasteiger partial charge in [-0.15, -0.1) is 0 Å². The highest BCUT2D eigenvalue weighted by molar-refractivity contribution is 7.92. The fraction of sp³-hybridized carbons (Fsp3) is 0.409. The summed E-state index contributed by atoms with van der Waals surface area (Å²) in [5, 5.41) is 0. The molecular weight excluding hydrogens is 418 g/mol. The molecule has 9 heteroatoms. The lowest BCUT2D eigenvalue weighted by atomic mass is 10.2. The molecule has 0 aromatic heterocycles. The van der Waals surface area contributed by atoms with E-state index in [-0.39, 0.29) is 23.0 Å². The van der Waals surface area contributed by atoms with Crippen LogP contribution in [0.5, 0.6) is 11.5 Å². The summed E-state index contributed by atoms with van der Waals surface area (Å²) < 4.78 is 39.0. The van der Waals surface area contributed by atoms with Crippen LogP contribution in [0.25, 0.3) is 0 Å². The van der Waals surface area contributed by atoms with Crippen LogP contribution in [0.15, 0.2) is 53.4 Å². The number of benzene rings is 2. The van der Waals surface area contributed by atoms with Crippen LogP contribution in [0, 0.1) is 0 Å². The van der Waals surface area contributed by atoms with Crippen LogP contribution in [0.2, 0.25) is 0 Å². The maximum Gasteiger partial charge on any atom is 0.264 e. The molecule has 0 N–H and O–H groups in total. The molecule has 1 aliphatic heterocycles. The number of carbonyl (C=O) groups is 1. The van der Waals surface area contributed by atoms with Gasteiger partial charge < -0.3 is 19.3 Å². The Hall–Kier alpha value is -2.78. The van der Waals surface area contributed by atoms with Crippen LogP contribution in [0.1, 0.15) is 6.92 Å². The Kier molecular flexibility index (Phi) is 7.40. The van der Waals surface area contributed by atoms with Gasteiger partial charge in [-0.1, -0.05) is 25.1 Å². The zero-order valence-corrected chi connectivity index (χ0v) is 19.0. The van der Waals surface area contributed by atoms with E-state index in [0.717, 1.165) is 23.9 Å². The van der Waals surface area contributed by atoms with E-state index in [9.17, 15) is 13.2 Å². The second kappa shape index (κ2) is 10.0. The Morgan fingerprint density at radius 1 is 1.00 bits per heavy atom. The first-order valence-electron chi connectivity index (χ1n) is 10.2. The zero-order valence-electron chi connectivity index (χ0n) is 18.2. The smallest absolute Gasteiger partial charge is 0.264 e. The fourth-order valence-corrected chi connectivity index (χ4v) is 4.98. The highest BCUT2D eigenvalue weighted by Gasteiger charge is 2.32. The Labute approximate surface area is 184 Å². The third-order valence-corrected chi connectivity index (χ3v) is 7.21. The van der Waals surface area contributed by atoms with E-state index in [1.165, 1.54) is 26.4 Å². The SMILES string of the molecule is CCN1CCN(C(=O)CN(c2cc(OC)ccc2OC)S(=O)(=O)c2ccccc2)CC1. The molecule has 0 saturated carbocycles.